The standard InChI is InChI=1S/C20H21N5O3S/c1-13-7-8-14(2)16(9-13)25-20(22-23-24-25)29-12-19(26)21-10-15-11-27-17-5-3-4-6-18(17)28-15/h3-9,15H,10-12H2,1-2H3,(H,21,26)/t15-/m0/s1. The number of para-hydroxylation sites is 2. The Morgan fingerprint density at radius 1 is 1.24 bits per heavy atom. The van der Waals surface area contributed by atoms with Crippen LogP contribution in [0.15, 0.2) is 47.6 Å². The molecule has 2 heterocycles. The zero-order valence-electron chi connectivity index (χ0n) is 16.2. The Hall–Kier alpha value is -3.07. The lowest BCUT2D eigenvalue weighted by Gasteiger charge is -2.26. The van der Waals surface area contributed by atoms with Crippen molar-refractivity contribution in [2.24, 2.45) is 0 Å². The minimum absolute atomic E-state index is 0.118. The zero-order valence-corrected chi connectivity index (χ0v) is 17.0. The van der Waals surface area contributed by atoms with Crippen molar-refractivity contribution in [2.45, 2.75) is 25.1 Å². The normalized spacial score (nSPS) is 15.2. The molecule has 0 aliphatic carbocycles. The van der Waals surface area contributed by atoms with Gasteiger partial charge in [0, 0.05) is 0 Å². The van der Waals surface area contributed by atoms with Gasteiger partial charge in [0.05, 0.1) is 18.0 Å². The van der Waals surface area contributed by atoms with E-state index in [2.05, 4.69) is 20.8 Å². The Kier molecular flexibility index (Phi) is 5.66. The molecule has 1 atom stereocenters. The van der Waals surface area contributed by atoms with Crippen LogP contribution < -0.4 is 14.8 Å². The second-order valence-corrected chi connectivity index (χ2v) is 7.70. The van der Waals surface area contributed by atoms with Crippen LogP contribution >= 0.6 is 11.8 Å². The first-order chi connectivity index (χ1) is 14.1. The molecule has 0 spiro atoms. The number of ether oxygens (including phenoxy) is 2. The Morgan fingerprint density at radius 3 is 2.93 bits per heavy atom. The molecule has 0 bridgehead atoms. The minimum Gasteiger partial charge on any atom is -0.486 e. The van der Waals surface area contributed by atoms with Crippen molar-refractivity contribution < 1.29 is 14.3 Å². The Bertz CT molecular complexity index is 1020. The summed E-state index contributed by atoms with van der Waals surface area (Å²) in [6.07, 6.45) is -0.223. The van der Waals surface area contributed by atoms with E-state index in [9.17, 15) is 4.79 Å². The number of thioether (sulfide) groups is 1. The molecule has 1 aromatic heterocycles. The van der Waals surface area contributed by atoms with Gasteiger partial charge in [-0.05, 0) is 53.6 Å². The number of aromatic nitrogens is 4. The van der Waals surface area contributed by atoms with Gasteiger partial charge in [0.15, 0.2) is 11.5 Å². The SMILES string of the molecule is Cc1ccc(C)c(-n2nnnc2SCC(=O)NC[C@H]2COc3ccccc3O2)c1. The first kappa shape index (κ1) is 19.3. The number of carbonyl (C=O) groups is 1. The predicted octanol–water partition coefficient (Wildman–Crippen LogP) is 2.33. The van der Waals surface area contributed by atoms with E-state index in [4.69, 9.17) is 9.47 Å². The fourth-order valence-corrected chi connectivity index (χ4v) is 3.65. The van der Waals surface area contributed by atoms with E-state index in [1.807, 2.05) is 56.3 Å². The van der Waals surface area contributed by atoms with Crippen LogP contribution in [-0.4, -0.2) is 51.1 Å². The second-order valence-electron chi connectivity index (χ2n) is 6.75. The highest BCUT2D eigenvalue weighted by molar-refractivity contribution is 7.99. The lowest BCUT2D eigenvalue weighted by atomic mass is 10.1. The molecular weight excluding hydrogens is 390 g/mol. The third-order valence-electron chi connectivity index (χ3n) is 4.46. The van der Waals surface area contributed by atoms with E-state index in [0.717, 1.165) is 22.6 Å². The number of carbonyl (C=O) groups excluding carboxylic acids is 1. The summed E-state index contributed by atoms with van der Waals surface area (Å²) < 4.78 is 13.2. The number of amides is 1. The Labute approximate surface area is 172 Å². The van der Waals surface area contributed by atoms with Gasteiger partial charge in [-0.3, -0.25) is 4.79 Å². The molecule has 150 valence electrons. The van der Waals surface area contributed by atoms with Gasteiger partial charge in [-0.25, -0.2) is 0 Å². The molecule has 0 fully saturated rings. The van der Waals surface area contributed by atoms with Crippen LogP contribution in [0, 0.1) is 13.8 Å². The third kappa shape index (κ3) is 4.51. The highest BCUT2D eigenvalue weighted by atomic mass is 32.2. The number of fused-ring (bicyclic) bond motifs is 1. The first-order valence-corrected chi connectivity index (χ1v) is 10.2. The van der Waals surface area contributed by atoms with Gasteiger partial charge in [0.1, 0.15) is 12.7 Å². The summed E-state index contributed by atoms with van der Waals surface area (Å²) in [6, 6.07) is 13.6. The van der Waals surface area contributed by atoms with Gasteiger partial charge in [-0.2, -0.15) is 4.68 Å². The largest absolute Gasteiger partial charge is 0.486 e. The Morgan fingerprint density at radius 2 is 2.07 bits per heavy atom. The number of nitrogens with one attached hydrogen (secondary N) is 1. The quantitative estimate of drug-likeness (QED) is 0.623. The maximum absolute atomic E-state index is 12.3. The molecule has 1 aliphatic heterocycles. The van der Waals surface area contributed by atoms with Gasteiger partial charge >= 0.3 is 0 Å². The molecule has 1 N–H and O–H groups in total. The van der Waals surface area contributed by atoms with Crippen molar-refractivity contribution in [3.05, 3.63) is 53.6 Å². The molecule has 9 heteroatoms. The van der Waals surface area contributed by atoms with Crippen LogP contribution in [0.3, 0.4) is 0 Å². The lowest BCUT2D eigenvalue weighted by Crippen LogP contribution is -2.41. The van der Waals surface area contributed by atoms with E-state index < -0.39 is 0 Å². The summed E-state index contributed by atoms with van der Waals surface area (Å²) in [7, 11) is 0. The maximum Gasteiger partial charge on any atom is 0.230 e. The average Bonchev–Trinajstić information content (AvgIpc) is 3.20. The molecule has 0 radical (unpaired) electrons. The van der Waals surface area contributed by atoms with E-state index in [-0.39, 0.29) is 17.8 Å². The Balaban J connectivity index is 1.31. The van der Waals surface area contributed by atoms with Crippen LogP contribution in [0.25, 0.3) is 5.69 Å². The number of rotatable bonds is 6. The molecule has 3 aromatic rings. The van der Waals surface area contributed by atoms with E-state index in [0.29, 0.717) is 24.1 Å². The summed E-state index contributed by atoms with van der Waals surface area (Å²) in [6.45, 7) is 4.79. The first-order valence-electron chi connectivity index (χ1n) is 9.24. The third-order valence-corrected chi connectivity index (χ3v) is 5.38. The van der Waals surface area contributed by atoms with Gasteiger partial charge in [-0.15, -0.1) is 5.10 Å². The van der Waals surface area contributed by atoms with Crippen LogP contribution in [0.4, 0.5) is 0 Å². The number of benzene rings is 2. The van der Waals surface area contributed by atoms with Crippen molar-refractivity contribution in [1.29, 1.82) is 0 Å². The number of tetrazole rings is 1. The van der Waals surface area contributed by atoms with E-state index in [1.54, 1.807) is 4.68 Å². The summed E-state index contributed by atoms with van der Waals surface area (Å²) in [5.74, 6) is 1.51. The minimum atomic E-state index is -0.223. The fourth-order valence-electron chi connectivity index (χ4n) is 2.94. The van der Waals surface area contributed by atoms with Crippen molar-refractivity contribution >= 4 is 17.7 Å². The highest BCUT2D eigenvalue weighted by Gasteiger charge is 2.21. The van der Waals surface area contributed by atoms with Gasteiger partial charge in [0.25, 0.3) is 0 Å². The van der Waals surface area contributed by atoms with Gasteiger partial charge in [0.2, 0.25) is 11.1 Å². The summed E-state index contributed by atoms with van der Waals surface area (Å²) in [5.41, 5.74) is 3.08. The molecule has 1 amide bonds. The number of nitrogens with zero attached hydrogens (tertiary/aromatic N) is 4. The van der Waals surface area contributed by atoms with Crippen LogP contribution in [0.5, 0.6) is 11.5 Å². The molecule has 0 unspecified atom stereocenters. The zero-order chi connectivity index (χ0) is 20.2. The van der Waals surface area contributed by atoms with Gasteiger partial charge < -0.3 is 14.8 Å². The molecule has 4 rings (SSSR count). The monoisotopic (exact) mass is 411 g/mol. The van der Waals surface area contributed by atoms with Crippen LogP contribution in [-0.2, 0) is 4.79 Å². The van der Waals surface area contributed by atoms with Crippen molar-refractivity contribution in [1.82, 2.24) is 25.5 Å². The number of hydrogen-bond acceptors (Lipinski definition) is 7. The van der Waals surface area contributed by atoms with Crippen molar-refractivity contribution in [2.75, 3.05) is 18.9 Å². The molecule has 29 heavy (non-hydrogen) atoms. The maximum atomic E-state index is 12.3. The molecule has 0 saturated carbocycles. The summed E-state index contributed by atoms with van der Waals surface area (Å²) >= 11 is 1.29. The molecular formula is C20H21N5O3S. The van der Waals surface area contributed by atoms with Crippen molar-refractivity contribution in [3.63, 3.8) is 0 Å². The highest BCUT2D eigenvalue weighted by Crippen LogP contribution is 2.30. The second kappa shape index (κ2) is 8.52. The smallest absolute Gasteiger partial charge is 0.230 e. The van der Waals surface area contributed by atoms with Gasteiger partial charge in [-0.1, -0.05) is 36.0 Å². The molecule has 1 aliphatic rings. The predicted molar refractivity (Wildman–Crippen MR) is 109 cm³/mol. The number of aryl methyl sites for hydroxylation is 2. The summed E-state index contributed by atoms with van der Waals surface area (Å²) in [5, 5.41) is 15.3. The fraction of sp³-hybridized carbons (Fsp3) is 0.300. The van der Waals surface area contributed by atoms with Crippen LogP contribution in [0.2, 0.25) is 0 Å². The topological polar surface area (TPSA) is 91.2 Å². The van der Waals surface area contributed by atoms with Crippen LogP contribution in [0.1, 0.15) is 11.1 Å². The van der Waals surface area contributed by atoms with Crippen molar-refractivity contribution in [3.8, 4) is 17.2 Å². The molecule has 8 nitrogen and oxygen atoms in total. The summed E-state index contributed by atoms with van der Waals surface area (Å²) in [4.78, 5) is 12.3. The lowest BCUT2D eigenvalue weighted by molar-refractivity contribution is -0.119. The van der Waals surface area contributed by atoms with E-state index in [1.165, 1.54) is 11.8 Å². The molecule has 2 aromatic carbocycles. The average molecular weight is 411 g/mol. The van der Waals surface area contributed by atoms with E-state index >= 15 is 0 Å². The number of hydrogen-bond donors (Lipinski definition) is 1. The molecule has 0 saturated heterocycles.